The second kappa shape index (κ2) is 7.33. The number of benzene rings is 2. The summed E-state index contributed by atoms with van der Waals surface area (Å²) in [4.78, 5) is 4.72. The fraction of sp³-hybridized carbons (Fsp3) is 0.318. The summed E-state index contributed by atoms with van der Waals surface area (Å²) < 4.78 is 11.2. The molecular formula is C22H23N5O2. The first kappa shape index (κ1) is 17.9. The van der Waals surface area contributed by atoms with Crippen molar-refractivity contribution in [1.82, 2.24) is 20.3 Å². The standard InChI is InChI=1S/C22H23N5O2/c1-26(2)17-11-12-27(14-17)16-9-7-15(8-10-16)22-24-23-21(28-22)13-19-18-5-3-4-6-20(18)29-25-19/h3-10,17H,11-14H2,1-2H3. The molecule has 4 aromatic rings. The van der Waals surface area contributed by atoms with Gasteiger partial charge >= 0.3 is 0 Å². The van der Waals surface area contributed by atoms with Crippen LogP contribution in [0.1, 0.15) is 18.0 Å². The zero-order chi connectivity index (χ0) is 19.8. The predicted molar refractivity (Wildman–Crippen MR) is 111 cm³/mol. The van der Waals surface area contributed by atoms with Crippen molar-refractivity contribution in [1.29, 1.82) is 0 Å². The van der Waals surface area contributed by atoms with Crippen LogP contribution < -0.4 is 4.90 Å². The molecule has 7 heteroatoms. The molecule has 148 valence electrons. The van der Waals surface area contributed by atoms with Crippen LogP contribution in [0.4, 0.5) is 5.69 Å². The van der Waals surface area contributed by atoms with E-state index in [1.54, 1.807) is 0 Å². The van der Waals surface area contributed by atoms with Gasteiger partial charge in [0, 0.05) is 35.8 Å². The molecule has 2 aromatic carbocycles. The van der Waals surface area contributed by atoms with Gasteiger partial charge in [-0.15, -0.1) is 10.2 Å². The maximum Gasteiger partial charge on any atom is 0.247 e. The van der Waals surface area contributed by atoms with Gasteiger partial charge in [-0.25, -0.2) is 0 Å². The van der Waals surface area contributed by atoms with Gasteiger partial charge in [-0.3, -0.25) is 0 Å². The van der Waals surface area contributed by atoms with E-state index in [0.29, 0.717) is 24.2 Å². The zero-order valence-electron chi connectivity index (χ0n) is 16.6. The molecule has 5 rings (SSSR count). The summed E-state index contributed by atoms with van der Waals surface area (Å²) in [5.74, 6) is 1.04. The SMILES string of the molecule is CN(C)C1CCN(c2ccc(-c3nnc(Cc4noc5ccccc45)o3)cc2)C1. The molecular weight excluding hydrogens is 366 g/mol. The molecule has 1 unspecified atom stereocenters. The van der Waals surface area contributed by atoms with E-state index in [1.165, 1.54) is 12.1 Å². The molecule has 1 atom stereocenters. The third-order valence-electron chi connectivity index (χ3n) is 5.61. The van der Waals surface area contributed by atoms with Gasteiger partial charge in [-0.2, -0.15) is 0 Å². The zero-order valence-corrected chi connectivity index (χ0v) is 16.6. The van der Waals surface area contributed by atoms with Crippen molar-refractivity contribution in [3.8, 4) is 11.5 Å². The van der Waals surface area contributed by atoms with E-state index < -0.39 is 0 Å². The lowest BCUT2D eigenvalue weighted by atomic mass is 10.2. The van der Waals surface area contributed by atoms with Gasteiger partial charge in [0.05, 0.1) is 6.42 Å². The molecule has 1 fully saturated rings. The molecule has 3 heterocycles. The fourth-order valence-corrected chi connectivity index (χ4v) is 3.86. The number of anilines is 1. The highest BCUT2D eigenvalue weighted by atomic mass is 16.5. The van der Waals surface area contributed by atoms with Gasteiger partial charge in [0.15, 0.2) is 5.58 Å². The second-order valence-corrected chi connectivity index (χ2v) is 7.70. The van der Waals surface area contributed by atoms with Crippen molar-refractivity contribution < 1.29 is 8.94 Å². The number of rotatable bonds is 5. The van der Waals surface area contributed by atoms with Gasteiger partial charge in [-0.05, 0) is 56.9 Å². The summed E-state index contributed by atoms with van der Waals surface area (Å²) in [6, 6.07) is 16.7. The molecule has 2 aromatic heterocycles. The number of hydrogen-bond acceptors (Lipinski definition) is 7. The van der Waals surface area contributed by atoms with Gasteiger partial charge in [-0.1, -0.05) is 17.3 Å². The minimum absolute atomic E-state index is 0.446. The number of para-hydroxylation sites is 1. The Balaban J connectivity index is 1.30. The Morgan fingerprint density at radius 1 is 1.07 bits per heavy atom. The lowest BCUT2D eigenvalue weighted by molar-refractivity contribution is 0.315. The number of likely N-dealkylation sites (N-methyl/N-ethyl adjacent to an activating group) is 1. The summed E-state index contributed by atoms with van der Waals surface area (Å²) in [5, 5.41) is 13.5. The average molecular weight is 389 g/mol. The molecule has 1 aliphatic heterocycles. The smallest absolute Gasteiger partial charge is 0.247 e. The first-order valence-corrected chi connectivity index (χ1v) is 9.85. The quantitative estimate of drug-likeness (QED) is 0.516. The van der Waals surface area contributed by atoms with Crippen molar-refractivity contribution in [3.63, 3.8) is 0 Å². The molecule has 0 aliphatic carbocycles. The summed E-state index contributed by atoms with van der Waals surface area (Å²) in [5.41, 5.74) is 3.71. The Bertz CT molecular complexity index is 1120. The first-order chi connectivity index (χ1) is 14.2. The van der Waals surface area contributed by atoms with Crippen LogP contribution >= 0.6 is 0 Å². The molecule has 0 N–H and O–H groups in total. The average Bonchev–Trinajstić information content (AvgIpc) is 3.49. The maximum absolute atomic E-state index is 5.88. The Kier molecular flexibility index (Phi) is 4.52. The highest BCUT2D eigenvalue weighted by Gasteiger charge is 2.24. The van der Waals surface area contributed by atoms with E-state index in [9.17, 15) is 0 Å². The highest BCUT2D eigenvalue weighted by Crippen LogP contribution is 2.27. The van der Waals surface area contributed by atoms with Crippen molar-refractivity contribution in [2.24, 2.45) is 0 Å². The van der Waals surface area contributed by atoms with Gasteiger partial charge in [0.25, 0.3) is 0 Å². The third kappa shape index (κ3) is 3.49. The molecule has 1 aliphatic rings. The van der Waals surface area contributed by atoms with Gasteiger partial charge in [0.2, 0.25) is 11.8 Å². The van der Waals surface area contributed by atoms with E-state index in [1.807, 2.05) is 36.4 Å². The Morgan fingerprint density at radius 2 is 1.90 bits per heavy atom. The van der Waals surface area contributed by atoms with E-state index in [0.717, 1.165) is 35.3 Å². The van der Waals surface area contributed by atoms with Crippen LogP contribution in [0.15, 0.2) is 57.5 Å². The molecule has 0 spiro atoms. The van der Waals surface area contributed by atoms with Crippen molar-refractivity contribution in [3.05, 3.63) is 60.1 Å². The molecule has 0 bridgehead atoms. The van der Waals surface area contributed by atoms with Gasteiger partial charge in [0.1, 0.15) is 5.69 Å². The molecule has 0 saturated carbocycles. The van der Waals surface area contributed by atoms with Crippen LogP contribution in [0, 0.1) is 0 Å². The van der Waals surface area contributed by atoms with Crippen molar-refractivity contribution in [2.75, 3.05) is 32.1 Å². The lowest BCUT2D eigenvalue weighted by Gasteiger charge is -2.21. The number of hydrogen-bond donors (Lipinski definition) is 0. The Labute approximate surface area is 168 Å². The van der Waals surface area contributed by atoms with Crippen LogP contribution in [0.2, 0.25) is 0 Å². The number of aromatic nitrogens is 3. The summed E-state index contributed by atoms with van der Waals surface area (Å²) >= 11 is 0. The fourth-order valence-electron chi connectivity index (χ4n) is 3.86. The Hall–Kier alpha value is -3.19. The highest BCUT2D eigenvalue weighted by molar-refractivity contribution is 5.79. The maximum atomic E-state index is 5.88. The minimum Gasteiger partial charge on any atom is -0.420 e. The molecule has 0 radical (unpaired) electrons. The van der Waals surface area contributed by atoms with Crippen LogP contribution in [0.5, 0.6) is 0 Å². The van der Waals surface area contributed by atoms with E-state index in [2.05, 4.69) is 51.4 Å². The third-order valence-corrected chi connectivity index (χ3v) is 5.61. The van der Waals surface area contributed by atoms with Crippen LogP contribution in [-0.4, -0.2) is 53.5 Å². The largest absolute Gasteiger partial charge is 0.420 e. The monoisotopic (exact) mass is 389 g/mol. The van der Waals surface area contributed by atoms with E-state index in [4.69, 9.17) is 8.94 Å². The Morgan fingerprint density at radius 3 is 2.69 bits per heavy atom. The van der Waals surface area contributed by atoms with Crippen molar-refractivity contribution in [2.45, 2.75) is 18.9 Å². The molecule has 7 nitrogen and oxygen atoms in total. The topological polar surface area (TPSA) is 71.4 Å². The minimum atomic E-state index is 0.446. The van der Waals surface area contributed by atoms with Crippen LogP contribution in [-0.2, 0) is 6.42 Å². The van der Waals surface area contributed by atoms with E-state index in [-0.39, 0.29) is 0 Å². The first-order valence-electron chi connectivity index (χ1n) is 9.85. The van der Waals surface area contributed by atoms with Gasteiger partial charge < -0.3 is 18.7 Å². The predicted octanol–water partition coefficient (Wildman–Crippen LogP) is 3.61. The summed E-state index contributed by atoms with van der Waals surface area (Å²) in [6.45, 7) is 2.14. The summed E-state index contributed by atoms with van der Waals surface area (Å²) in [7, 11) is 4.29. The molecule has 0 amide bonds. The van der Waals surface area contributed by atoms with Crippen LogP contribution in [0.3, 0.4) is 0 Å². The van der Waals surface area contributed by atoms with Crippen molar-refractivity contribution >= 4 is 16.7 Å². The summed E-state index contributed by atoms with van der Waals surface area (Å²) in [6.07, 6.45) is 1.64. The van der Waals surface area contributed by atoms with E-state index >= 15 is 0 Å². The molecule has 1 saturated heterocycles. The second-order valence-electron chi connectivity index (χ2n) is 7.70. The lowest BCUT2D eigenvalue weighted by Crippen LogP contribution is -2.31. The number of fused-ring (bicyclic) bond motifs is 1. The molecule has 29 heavy (non-hydrogen) atoms. The number of nitrogens with zero attached hydrogens (tertiary/aromatic N) is 5. The van der Waals surface area contributed by atoms with Crippen LogP contribution in [0.25, 0.3) is 22.4 Å². The normalized spacial score (nSPS) is 16.9.